The van der Waals surface area contributed by atoms with Gasteiger partial charge in [-0.15, -0.1) is 11.3 Å². The van der Waals surface area contributed by atoms with Crippen molar-refractivity contribution in [1.82, 2.24) is 9.47 Å². The highest BCUT2D eigenvalue weighted by Crippen LogP contribution is 2.25. The maximum Gasteiger partial charge on any atom is 0.178 e. The summed E-state index contributed by atoms with van der Waals surface area (Å²) in [5, 5.41) is 11.9. The van der Waals surface area contributed by atoms with Crippen LogP contribution in [0.5, 0.6) is 0 Å². The van der Waals surface area contributed by atoms with Gasteiger partial charge >= 0.3 is 0 Å². The lowest BCUT2D eigenvalue weighted by Crippen LogP contribution is -2.28. The Morgan fingerprint density at radius 3 is 2.84 bits per heavy atom. The lowest BCUT2D eigenvalue weighted by atomic mass is 10.1. The summed E-state index contributed by atoms with van der Waals surface area (Å²) in [6, 6.07) is 14.4. The fourth-order valence-corrected chi connectivity index (χ4v) is 3.87. The van der Waals surface area contributed by atoms with Crippen LogP contribution in [-0.2, 0) is 6.54 Å². The third kappa shape index (κ3) is 3.65. The zero-order valence-electron chi connectivity index (χ0n) is 14.5. The maximum atomic E-state index is 12.9. The molecule has 2 aromatic heterocycles. The molecular weight excluding hydrogens is 330 g/mol. The van der Waals surface area contributed by atoms with Crippen LogP contribution in [-0.4, -0.2) is 28.8 Å². The molecule has 0 amide bonds. The molecule has 0 N–H and O–H groups in total. The number of aromatic nitrogens is 1. The van der Waals surface area contributed by atoms with E-state index in [-0.39, 0.29) is 11.8 Å². The molecule has 0 saturated heterocycles. The number of aryl methyl sites for hydroxylation is 1. The molecule has 3 aromatic rings. The van der Waals surface area contributed by atoms with Crippen LogP contribution in [0, 0.1) is 11.3 Å². The zero-order chi connectivity index (χ0) is 17.8. The first kappa shape index (κ1) is 17.4. The Morgan fingerprint density at radius 2 is 2.12 bits per heavy atom. The number of hydrogen-bond acceptors (Lipinski definition) is 4. The fourth-order valence-electron chi connectivity index (χ4n) is 3.02. The number of carbonyl (C=O) groups excluding carboxylic acids is 1. The number of hydrogen-bond donors (Lipinski definition) is 0. The lowest BCUT2D eigenvalue weighted by molar-refractivity contribution is 0.0927. The average Bonchev–Trinajstić information content (AvgIpc) is 3.27. The molecule has 0 aliphatic heterocycles. The molecule has 4 nitrogen and oxygen atoms in total. The van der Waals surface area contributed by atoms with Crippen molar-refractivity contribution in [2.75, 3.05) is 13.6 Å². The second kappa shape index (κ2) is 7.64. The highest BCUT2D eigenvalue weighted by molar-refractivity contribution is 7.10. The zero-order valence-corrected chi connectivity index (χ0v) is 15.3. The number of rotatable bonds is 7. The Morgan fingerprint density at radius 1 is 1.32 bits per heavy atom. The molecule has 0 radical (unpaired) electrons. The number of carbonyl (C=O) groups is 1. The molecule has 0 spiro atoms. The maximum absolute atomic E-state index is 12.9. The summed E-state index contributed by atoms with van der Waals surface area (Å²) < 4.78 is 2.01. The van der Waals surface area contributed by atoms with Crippen LogP contribution in [0.2, 0.25) is 0 Å². The number of likely N-dealkylation sites (N-methyl/N-ethyl adjacent to an activating group) is 1. The Balaban J connectivity index is 1.83. The molecule has 0 aliphatic carbocycles. The van der Waals surface area contributed by atoms with E-state index >= 15 is 0 Å². The number of fused-ring (bicyclic) bond motifs is 1. The fraction of sp³-hybridized carbons (Fsp3) is 0.300. The first-order valence-corrected chi connectivity index (χ1v) is 9.21. The van der Waals surface area contributed by atoms with Gasteiger partial charge in [0.2, 0.25) is 0 Å². The van der Waals surface area contributed by atoms with Gasteiger partial charge in [-0.25, -0.2) is 0 Å². The molecule has 1 unspecified atom stereocenters. The standard InChI is InChI=1S/C20H21N3OS/c1-15(20-9-5-12-25-20)22(2)14-19(24)17-13-23(11-6-10-21)18-8-4-3-7-16(17)18/h3-5,7-9,12-13,15H,6,11,14H2,1-2H3. The number of nitrogens with zero attached hydrogens (tertiary/aromatic N) is 3. The Bertz CT molecular complexity index is 905. The van der Waals surface area contributed by atoms with Crippen molar-refractivity contribution < 1.29 is 4.79 Å². The van der Waals surface area contributed by atoms with Crippen molar-refractivity contribution in [3.63, 3.8) is 0 Å². The molecule has 0 saturated carbocycles. The predicted octanol–water partition coefficient (Wildman–Crippen LogP) is 4.49. The highest BCUT2D eigenvalue weighted by atomic mass is 32.1. The summed E-state index contributed by atoms with van der Waals surface area (Å²) in [5.74, 6) is 0.109. The number of Topliss-reactive ketones (excluding diaryl/α,β-unsaturated/α-hetero) is 1. The summed E-state index contributed by atoms with van der Waals surface area (Å²) in [4.78, 5) is 16.2. The smallest absolute Gasteiger partial charge is 0.178 e. The quantitative estimate of drug-likeness (QED) is 0.589. The molecule has 2 heterocycles. The number of ketones is 1. The van der Waals surface area contributed by atoms with Gasteiger partial charge in [-0.2, -0.15) is 5.26 Å². The van der Waals surface area contributed by atoms with Crippen LogP contribution in [0.15, 0.2) is 48.0 Å². The van der Waals surface area contributed by atoms with E-state index < -0.39 is 0 Å². The van der Waals surface area contributed by atoms with Gasteiger partial charge in [0, 0.05) is 40.1 Å². The Hall–Kier alpha value is -2.42. The molecule has 1 atom stereocenters. The van der Waals surface area contributed by atoms with E-state index in [1.165, 1.54) is 4.88 Å². The lowest BCUT2D eigenvalue weighted by Gasteiger charge is -2.22. The van der Waals surface area contributed by atoms with E-state index in [0.29, 0.717) is 19.5 Å². The van der Waals surface area contributed by atoms with E-state index in [0.717, 1.165) is 16.5 Å². The molecule has 25 heavy (non-hydrogen) atoms. The predicted molar refractivity (Wildman–Crippen MR) is 102 cm³/mol. The Kier molecular flexibility index (Phi) is 5.32. The minimum absolute atomic E-state index is 0.109. The van der Waals surface area contributed by atoms with Crippen molar-refractivity contribution in [2.24, 2.45) is 0 Å². The van der Waals surface area contributed by atoms with Gasteiger partial charge in [-0.3, -0.25) is 9.69 Å². The first-order valence-electron chi connectivity index (χ1n) is 8.33. The van der Waals surface area contributed by atoms with Crippen molar-refractivity contribution in [2.45, 2.75) is 25.9 Å². The van der Waals surface area contributed by atoms with Gasteiger partial charge in [-0.05, 0) is 31.5 Å². The SMILES string of the molecule is CC(c1cccs1)N(C)CC(=O)c1cn(CCC#N)c2ccccc12. The topological polar surface area (TPSA) is 49.0 Å². The minimum Gasteiger partial charge on any atom is -0.346 e. The second-order valence-electron chi connectivity index (χ2n) is 6.19. The average molecular weight is 351 g/mol. The summed E-state index contributed by atoms with van der Waals surface area (Å²) in [6.07, 6.45) is 2.33. The molecule has 0 aliphatic rings. The summed E-state index contributed by atoms with van der Waals surface area (Å²) in [6.45, 7) is 3.09. The highest BCUT2D eigenvalue weighted by Gasteiger charge is 2.20. The molecule has 0 bridgehead atoms. The molecule has 128 valence electrons. The van der Waals surface area contributed by atoms with E-state index in [9.17, 15) is 4.79 Å². The minimum atomic E-state index is 0.109. The Labute approximate surface area is 151 Å². The number of thiophene rings is 1. The van der Waals surface area contributed by atoms with Crippen molar-refractivity contribution in [3.05, 3.63) is 58.4 Å². The summed E-state index contributed by atoms with van der Waals surface area (Å²) in [5.41, 5.74) is 1.74. The first-order chi connectivity index (χ1) is 12.1. The second-order valence-corrected chi connectivity index (χ2v) is 7.17. The third-order valence-electron chi connectivity index (χ3n) is 4.56. The van der Waals surface area contributed by atoms with E-state index in [1.54, 1.807) is 11.3 Å². The monoisotopic (exact) mass is 351 g/mol. The number of nitriles is 1. The van der Waals surface area contributed by atoms with Gasteiger partial charge in [0.05, 0.1) is 19.0 Å². The van der Waals surface area contributed by atoms with Crippen LogP contribution in [0.4, 0.5) is 0 Å². The van der Waals surface area contributed by atoms with Crippen molar-refractivity contribution in [3.8, 4) is 6.07 Å². The van der Waals surface area contributed by atoms with Gasteiger partial charge in [-0.1, -0.05) is 24.3 Å². The van der Waals surface area contributed by atoms with Crippen molar-refractivity contribution >= 4 is 28.0 Å². The van der Waals surface area contributed by atoms with E-state index in [1.807, 2.05) is 48.1 Å². The van der Waals surface area contributed by atoms with Crippen LogP contribution in [0.1, 0.15) is 34.6 Å². The van der Waals surface area contributed by atoms with Crippen LogP contribution in [0.3, 0.4) is 0 Å². The number of benzene rings is 1. The number of para-hydroxylation sites is 1. The largest absolute Gasteiger partial charge is 0.346 e. The van der Waals surface area contributed by atoms with E-state index in [4.69, 9.17) is 5.26 Å². The molecule has 3 rings (SSSR count). The summed E-state index contributed by atoms with van der Waals surface area (Å²) in [7, 11) is 1.98. The summed E-state index contributed by atoms with van der Waals surface area (Å²) >= 11 is 1.71. The van der Waals surface area contributed by atoms with Crippen LogP contribution < -0.4 is 0 Å². The molecular formula is C20H21N3OS. The van der Waals surface area contributed by atoms with Gasteiger partial charge in [0.25, 0.3) is 0 Å². The van der Waals surface area contributed by atoms with Crippen molar-refractivity contribution in [1.29, 1.82) is 5.26 Å². The molecule has 0 fully saturated rings. The molecule has 1 aromatic carbocycles. The normalized spacial score (nSPS) is 12.4. The van der Waals surface area contributed by atoms with Crippen LogP contribution >= 0.6 is 11.3 Å². The third-order valence-corrected chi connectivity index (χ3v) is 5.61. The van der Waals surface area contributed by atoms with Gasteiger partial charge in [0.15, 0.2) is 5.78 Å². The van der Waals surface area contributed by atoms with Gasteiger partial charge in [0.1, 0.15) is 0 Å². The van der Waals surface area contributed by atoms with E-state index in [2.05, 4.69) is 29.3 Å². The van der Waals surface area contributed by atoms with Crippen LogP contribution in [0.25, 0.3) is 10.9 Å². The molecule has 5 heteroatoms. The van der Waals surface area contributed by atoms with Gasteiger partial charge < -0.3 is 4.57 Å².